The quantitative estimate of drug-likeness (QED) is 0.640. The minimum Gasteiger partial charge on any atom is -0.481 e. The Bertz CT molecular complexity index is 159. The standard InChI is InChI=1S/C9H19NO3/c1-7(4-5-9(12)13)10(3)6-8(2)11/h7-8,11H,4-6H2,1-3H3,(H,12,13). The SMILES string of the molecule is CC(O)CN(C)C(C)CCC(=O)O. The van der Waals surface area contributed by atoms with E-state index in [4.69, 9.17) is 10.2 Å². The molecule has 2 unspecified atom stereocenters. The van der Waals surface area contributed by atoms with E-state index in [9.17, 15) is 4.79 Å². The van der Waals surface area contributed by atoms with Gasteiger partial charge in [0.05, 0.1) is 6.10 Å². The van der Waals surface area contributed by atoms with E-state index in [0.29, 0.717) is 13.0 Å². The lowest BCUT2D eigenvalue weighted by molar-refractivity contribution is -0.137. The third-order valence-electron chi connectivity index (χ3n) is 2.08. The minimum atomic E-state index is -0.766. The maximum absolute atomic E-state index is 10.3. The molecule has 0 rings (SSSR count). The van der Waals surface area contributed by atoms with Crippen molar-refractivity contribution in [2.45, 2.75) is 38.8 Å². The van der Waals surface area contributed by atoms with Crippen molar-refractivity contribution in [3.05, 3.63) is 0 Å². The van der Waals surface area contributed by atoms with Gasteiger partial charge in [0.2, 0.25) is 0 Å². The number of hydrogen-bond acceptors (Lipinski definition) is 3. The zero-order valence-corrected chi connectivity index (χ0v) is 8.53. The van der Waals surface area contributed by atoms with Gasteiger partial charge in [-0.1, -0.05) is 0 Å². The molecule has 0 aliphatic carbocycles. The molecule has 0 aromatic heterocycles. The highest BCUT2D eigenvalue weighted by Crippen LogP contribution is 2.04. The summed E-state index contributed by atoms with van der Waals surface area (Å²) in [7, 11) is 1.89. The van der Waals surface area contributed by atoms with E-state index in [0.717, 1.165) is 0 Å². The molecule has 0 aromatic rings. The number of likely N-dealkylation sites (N-methyl/N-ethyl adjacent to an activating group) is 1. The average Bonchev–Trinajstić information content (AvgIpc) is 1.98. The molecular weight excluding hydrogens is 170 g/mol. The molecule has 0 saturated heterocycles. The molecule has 0 fully saturated rings. The van der Waals surface area contributed by atoms with Crippen LogP contribution in [-0.4, -0.2) is 46.8 Å². The van der Waals surface area contributed by atoms with Gasteiger partial charge in [-0.2, -0.15) is 0 Å². The second-order valence-electron chi connectivity index (χ2n) is 3.57. The molecule has 0 aliphatic heterocycles. The summed E-state index contributed by atoms with van der Waals surface area (Å²) in [5.41, 5.74) is 0. The van der Waals surface area contributed by atoms with E-state index in [1.807, 2.05) is 18.9 Å². The van der Waals surface area contributed by atoms with Gasteiger partial charge in [0.1, 0.15) is 0 Å². The number of carbonyl (C=O) groups is 1. The molecule has 4 heteroatoms. The van der Waals surface area contributed by atoms with E-state index >= 15 is 0 Å². The third kappa shape index (κ3) is 6.54. The first-order valence-corrected chi connectivity index (χ1v) is 4.53. The summed E-state index contributed by atoms with van der Waals surface area (Å²) in [6, 6.07) is 0.200. The maximum Gasteiger partial charge on any atom is 0.303 e. The van der Waals surface area contributed by atoms with Gasteiger partial charge in [0.25, 0.3) is 0 Å². The predicted octanol–water partition coefficient (Wildman–Crippen LogP) is 0.552. The zero-order valence-electron chi connectivity index (χ0n) is 8.53. The van der Waals surface area contributed by atoms with Crippen molar-refractivity contribution in [2.24, 2.45) is 0 Å². The first kappa shape index (κ1) is 12.4. The van der Waals surface area contributed by atoms with Crippen molar-refractivity contribution in [1.29, 1.82) is 0 Å². The molecule has 0 bridgehead atoms. The molecule has 2 atom stereocenters. The topological polar surface area (TPSA) is 60.8 Å². The monoisotopic (exact) mass is 189 g/mol. The van der Waals surface area contributed by atoms with Crippen molar-refractivity contribution in [3.8, 4) is 0 Å². The lowest BCUT2D eigenvalue weighted by Crippen LogP contribution is -2.35. The highest BCUT2D eigenvalue weighted by Gasteiger charge is 2.12. The van der Waals surface area contributed by atoms with Crippen molar-refractivity contribution in [2.75, 3.05) is 13.6 Å². The largest absolute Gasteiger partial charge is 0.481 e. The number of aliphatic hydroxyl groups excluding tert-OH is 1. The zero-order chi connectivity index (χ0) is 10.4. The van der Waals surface area contributed by atoms with E-state index < -0.39 is 5.97 Å². The Kier molecular flexibility index (Phi) is 5.66. The summed E-state index contributed by atoms with van der Waals surface area (Å²) < 4.78 is 0. The van der Waals surface area contributed by atoms with Gasteiger partial charge in [-0.25, -0.2) is 0 Å². The number of aliphatic hydroxyl groups is 1. The van der Waals surface area contributed by atoms with Gasteiger partial charge in [-0.3, -0.25) is 4.79 Å². The van der Waals surface area contributed by atoms with Gasteiger partial charge in [0, 0.05) is 19.0 Å². The van der Waals surface area contributed by atoms with Crippen molar-refractivity contribution < 1.29 is 15.0 Å². The van der Waals surface area contributed by atoms with Gasteiger partial charge in [0.15, 0.2) is 0 Å². The molecule has 0 aromatic carbocycles. The van der Waals surface area contributed by atoms with Gasteiger partial charge >= 0.3 is 5.97 Å². The highest BCUT2D eigenvalue weighted by atomic mass is 16.4. The van der Waals surface area contributed by atoms with Crippen LogP contribution in [0.1, 0.15) is 26.7 Å². The molecule has 2 N–H and O–H groups in total. The molecular formula is C9H19NO3. The summed E-state index contributed by atoms with van der Waals surface area (Å²) in [6.07, 6.45) is 0.446. The van der Waals surface area contributed by atoms with E-state index in [2.05, 4.69) is 0 Å². The minimum absolute atomic E-state index is 0.186. The maximum atomic E-state index is 10.3. The Labute approximate surface area is 79.2 Å². The first-order chi connectivity index (χ1) is 5.93. The van der Waals surface area contributed by atoms with E-state index in [-0.39, 0.29) is 18.6 Å². The Hall–Kier alpha value is -0.610. The Morgan fingerprint density at radius 2 is 2.00 bits per heavy atom. The lowest BCUT2D eigenvalue weighted by Gasteiger charge is -2.25. The van der Waals surface area contributed by atoms with Crippen LogP contribution in [0.5, 0.6) is 0 Å². The van der Waals surface area contributed by atoms with Crippen molar-refractivity contribution in [1.82, 2.24) is 4.90 Å². The smallest absolute Gasteiger partial charge is 0.303 e. The molecule has 0 aliphatic rings. The van der Waals surface area contributed by atoms with E-state index in [1.54, 1.807) is 6.92 Å². The summed E-state index contributed by atoms with van der Waals surface area (Å²) in [4.78, 5) is 12.2. The van der Waals surface area contributed by atoms with Crippen LogP contribution in [0.4, 0.5) is 0 Å². The fourth-order valence-electron chi connectivity index (χ4n) is 1.15. The van der Waals surface area contributed by atoms with Crippen LogP contribution < -0.4 is 0 Å². The van der Waals surface area contributed by atoms with Crippen molar-refractivity contribution in [3.63, 3.8) is 0 Å². The fourth-order valence-corrected chi connectivity index (χ4v) is 1.15. The average molecular weight is 189 g/mol. The Morgan fingerprint density at radius 3 is 2.38 bits per heavy atom. The molecule has 0 spiro atoms. The summed E-state index contributed by atoms with van der Waals surface area (Å²) in [5.74, 6) is -0.766. The van der Waals surface area contributed by atoms with Crippen LogP contribution in [0, 0.1) is 0 Å². The fraction of sp³-hybridized carbons (Fsp3) is 0.889. The van der Waals surface area contributed by atoms with Crippen LogP contribution in [-0.2, 0) is 4.79 Å². The highest BCUT2D eigenvalue weighted by molar-refractivity contribution is 5.66. The van der Waals surface area contributed by atoms with Gasteiger partial charge < -0.3 is 15.1 Å². The molecule has 0 amide bonds. The second-order valence-corrected chi connectivity index (χ2v) is 3.57. The molecule has 0 heterocycles. The summed E-state index contributed by atoms with van der Waals surface area (Å²) >= 11 is 0. The molecule has 0 radical (unpaired) electrons. The number of carboxylic acid groups (broad SMARTS) is 1. The van der Waals surface area contributed by atoms with E-state index in [1.165, 1.54) is 0 Å². The van der Waals surface area contributed by atoms with Crippen LogP contribution in [0.15, 0.2) is 0 Å². The number of aliphatic carboxylic acids is 1. The number of hydrogen-bond donors (Lipinski definition) is 2. The third-order valence-corrected chi connectivity index (χ3v) is 2.08. The predicted molar refractivity (Wildman–Crippen MR) is 50.6 cm³/mol. The van der Waals surface area contributed by atoms with Crippen LogP contribution >= 0.6 is 0 Å². The second kappa shape index (κ2) is 5.94. The summed E-state index contributed by atoms with van der Waals surface area (Å²) in [6.45, 7) is 4.27. The van der Waals surface area contributed by atoms with Gasteiger partial charge in [-0.15, -0.1) is 0 Å². The molecule has 4 nitrogen and oxygen atoms in total. The van der Waals surface area contributed by atoms with Crippen LogP contribution in [0.3, 0.4) is 0 Å². The molecule has 13 heavy (non-hydrogen) atoms. The molecule has 0 saturated carbocycles. The Balaban J connectivity index is 3.68. The van der Waals surface area contributed by atoms with Crippen LogP contribution in [0.25, 0.3) is 0 Å². The lowest BCUT2D eigenvalue weighted by atomic mass is 10.1. The number of nitrogens with zero attached hydrogens (tertiary/aromatic N) is 1. The first-order valence-electron chi connectivity index (χ1n) is 4.53. The summed E-state index contributed by atoms with van der Waals surface area (Å²) in [5, 5.41) is 17.5. The van der Waals surface area contributed by atoms with Crippen molar-refractivity contribution >= 4 is 5.97 Å². The number of rotatable bonds is 6. The van der Waals surface area contributed by atoms with Crippen LogP contribution in [0.2, 0.25) is 0 Å². The Morgan fingerprint density at radius 1 is 1.46 bits per heavy atom. The normalized spacial score (nSPS) is 15.8. The van der Waals surface area contributed by atoms with Gasteiger partial charge in [-0.05, 0) is 27.3 Å². The molecule has 78 valence electrons. The number of carboxylic acids is 1.